The topological polar surface area (TPSA) is 26.3 Å². The van der Waals surface area contributed by atoms with Gasteiger partial charge in [0.1, 0.15) is 6.10 Å². The Morgan fingerprint density at radius 3 is 1.95 bits per heavy atom. The third-order valence-corrected chi connectivity index (χ3v) is 4.50. The van der Waals surface area contributed by atoms with Crippen molar-refractivity contribution in [2.75, 3.05) is 0 Å². The number of carbonyl (C=O) groups is 1. The normalized spacial score (nSPS) is 16.7. The molecule has 0 aliphatic carbocycles. The zero-order valence-electron chi connectivity index (χ0n) is 14.5. The Morgan fingerprint density at radius 1 is 1.15 bits per heavy atom. The summed E-state index contributed by atoms with van der Waals surface area (Å²) in [6, 6.07) is 0. The summed E-state index contributed by atoms with van der Waals surface area (Å²) in [7, 11) is -0.923. The number of thioether (sulfide) groups is 1. The molecular formula is C16H31O2SSi. The molecule has 0 aliphatic rings. The van der Waals surface area contributed by atoms with E-state index in [1.165, 1.54) is 11.8 Å². The Balaban J connectivity index is 5.35. The van der Waals surface area contributed by atoms with E-state index >= 15 is 0 Å². The predicted octanol–water partition coefficient (Wildman–Crippen LogP) is 4.92. The zero-order valence-corrected chi connectivity index (χ0v) is 16.4. The minimum Gasteiger partial charge on any atom is -0.406 e. The van der Waals surface area contributed by atoms with Crippen LogP contribution in [0, 0.1) is 11.3 Å². The molecule has 0 saturated heterocycles. The molecule has 0 aliphatic heterocycles. The van der Waals surface area contributed by atoms with Crippen LogP contribution in [-0.2, 0) is 9.22 Å². The van der Waals surface area contributed by atoms with Gasteiger partial charge in [0.25, 0.3) is 0 Å². The molecule has 0 amide bonds. The Bertz CT molecular complexity index is 337. The lowest BCUT2D eigenvalue weighted by Gasteiger charge is -2.36. The van der Waals surface area contributed by atoms with Gasteiger partial charge in [-0.05, 0) is 25.4 Å². The van der Waals surface area contributed by atoms with E-state index in [4.69, 9.17) is 4.43 Å². The fourth-order valence-electron chi connectivity index (χ4n) is 1.93. The van der Waals surface area contributed by atoms with Gasteiger partial charge in [0.2, 0.25) is 14.2 Å². The Kier molecular flexibility index (Phi) is 7.78. The zero-order chi connectivity index (χ0) is 16.1. The maximum absolute atomic E-state index is 12.7. The van der Waals surface area contributed by atoms with Gasteiger partial charge < -0.3 is 4.43 Å². The highest BCUT2D eigenvalue weighted by molar-refractivity contribution is 8.14. The van der Waals surface area contributed by atoms with Crippen LogP contribution in [-0.4, -0.2) is 25.0 Å². The van der Waals surface area contributed by atoms with Crippen molar-refractivity contribution in [3.8, 4) is 0 Å². The summed E-state index contributed by atoms with van der Waals surface area (Å²) >= 11 is 1.40. The molecule has 0 saturated carbocycles. The van der Waals surface area contributed by atoms with E-state index in [2.05, 4.69) is 60.7 Å². The van der Waals surface area contributed by atoms with Crippen molar-refractivity contribution in [2.24, 2.45) is 11.3 Å². The average Bonchev–Trinajstić information content (AvgIpc) is 2.18. The van der Waals surface area contributed by atoms with Crippen LogP contribution in [0.1, 0.15) is 48.5 Å². The number of allylic oxidation sites excluding steroid dienone is 1. The van der Waals surface area contributed by atoms with Crippen LogP contribution in [0.2, 0.25) is 13.1 Å². The fraction of sp³-hybridized carbons (Fsp3) is 0.812. The van der Waals surface area contributed by atoms with Crippen molar-refractivity contribution < 1.29 is 9.22 Å². The first-order valence-electron chi connectivity index (χ1n) is 7.21. The maximum atomic E-state index is 12.7. The summed E-state index contributed by atoms with van der Waals surface area (Å²) in [4.78, 5) is 12.7. The van der Waals surface area contributed by atoms with Gasteiger partial charge in [-0.1, -0.05) is 65.5 Å². The number of hydrogen-bond acceptors (Lipinski definition) is 3. The molecule has 2 unspecified atom stereocenters. The predicted molar refractivity (Wildman–Crippen MR) is 92.5 cm³/mol. The van der Waals surface area contributed by atoms with Crippen LogP contribution in [0.25, 0.3) is 0 Å². The molecule has 2 atom stereocenters. The second-order valence-corrected chi connectivity index (χ2v) is 11.3. The van der Waals surface area contributed by atoms with Crippen LogP contribution in [0.3, 0.4) is 0 Å². The minimum absolute atomic E-state index is 0.00258. The van der Waals surface area contributed by atoms with Gasteiger partial charge in [-0.25, -0.2) is 0 Å². The van der Waals surface area contributed by atoms with Crippen LogP contribution < -0.4 is 0 Å². The van der Waals surface area contributed by atoms with Crippen molar-refractivity contribution in [3.63, 3.8) is 0 Å². The lowest BCUT2D eigenvalue weighted by Crippen LogP contribution is -2.41. The second kappa shape index (κ2) is 7.81. The first-order chi connectivity index (χ1) is 8.88. The third kappa shape index (κ3) is 7.65. The van der Waals surface area contributed by atoms with E-state index in [0.29, 0.717) is 0 Å². The highest BCUT2D eigenvalue weighted by Gasteiger charge is 2.37. The van der Waals surface area contributed by atoms with E-state index in [1.54, 1.807) is 0 Å². The maximum Gasteiger partial charge on any atom is 0.217 e. The Labute approximate surface area is 131 Å². The number of hydrogen-bond donors (Lipinski definition) is 0. The molecule has 4 heteroatoms. The van der Waals surface area contributed by atoms with E-state index in [-0.39, 0.29) is 27.3 Å². The molecule has 0 aromatic carbocycles. The van der Waals surface area contributed by atoms with Gasteiger partial charge in [0, 0.05) is 10.7 Å². The smallest absolute Gasteiger partial charge is 0.217 e. The molecule has 0 rings (SSSR count). The summed E-state index contributed by atoms with van der Waals surface area (Å²) < 4.78 is 6.00. The van der Waals surface area contributed by atoms with Crippen molar-refractivity contribution in [3.05, 3.63) is 12.2 Å². The summed E-state index contributed by atoms with van der Waals surface area (Å²) in [6.45, 7) is 18.9. The van der Waals surface area contributed by atoms with Crippen molar-refractivity contribution >= 4 is 25.9 Å². The van der Waals surface area contributed by atoms with Crippen molar-refractivity contribution in [1.29, 1.82) is 0 Å². The molecule has 0 aromatic heterocycles. The molecule has 0 N–H and O–H groups in total. The fourth-order valence-corrected chi connectivity index (χ4v) is 3.69. The van der Waals surface area contributed by atoms with Crippen LogP contribution in [0.4, 0.5) is 0 Å². The third-order valence-electron chi connectivity index (χ3n) is 2.73. The monoisotopic (exact) mass is 315 g/mol. The van der Waals surface area contributed by atoms with Crippen LogP contribution >= 0.6 is 11.8 Å². The number of rotatable bonds is 5. The Morgan fingerprint density at radius 2 is 1.65 bits per heavy atom. The highest BCUT2D eigenvalue weighted by atomic mass is 32.2. The molecular weight excluding hydrogens is 284 g/mol. The van der Waals surface area contributed by atoms with Crippen molar-refractivity contribution in [2.45, 2.75) is 72.4 Å². The quantitative estimate of drug-likeness (QED) is 0.532. The van der Waals surface area contributed by atoms with Gasteiger partial charge in [-0.15, -0.1) is 0 Å². The molecule has 0 heterocycles. The average molecular weight is 316 g/mol. The SMILES string of the molecule is C/C=C/C(C(O[Si](C)C)C(=O)SC(C)(C)C)C(C)(C)C. The second-order valence-electron chi connectivity index (χ2n) is 7.40. The molecule has 2 nitrogen and oxygen atoms in total. The summed E-state index contributed by atoms with van der Waals surface area (Å²) in [5, 5.41) is 0.154. The van der Waals surface area contributed by atoms with Gasteiger partial charge in [-0.3, -0.25) is 4.79 Å². The first-order valence-corrected chi connectivity index (χ1v) is 10.4. The van der Waals surface area contributed by atoms with Gasteiger partial charge in [0.05, 0.1) is 0 Å². The minimum atomic E-state index is -0.923. The largest absolute Gasteiger partial charge is 0.406 e. The summed E-state index contributed by atoms with van der Waals surface area (Å²) in [5.41, 5.74) is 0.00258. The molecule has 117 valence electrons. The molecule has 0 aromatic rings. The highest BCUT2D eigenvalue weighted by Crippen LogP contribution is 2.36. The van der Waals surface area contributed by atoms with Crippen molar-refractivity contribution in [1.82, 2.24) is 0 Å². The molecule has 20 heavy (non-hydrogen) atoms. The first kappa shape index (κ1) is 19.9. The van der Waals surface area contributed by atoms with E-state index in [1.807, 2.05) is 13.0 Å². The van der Waals surface area contributed by atoms with Gasteiger partial charge in [0.15, 0.2) is 0 Å². The lowest BCUT2D eigenvalue weighted by molar-refractivity contribution is -0.120. The number of carbonyl (C=O) groups excluding carboxylic acids is 1. The van der Waals surface area contributed by atoms with Crippen LogP contribution in [0.15, 0.2) is 12.2 Å². The summed E-state index contributed by atoms with van der Waals surface area (Å²) in [6.07, 6.45) is 3.80. The molecule has 0 spiro atoms. The van der Waals surface area contributed by atoms with Crippen LogP contribution in [0.5, 0.6) is 0 Å². The molecule has 0 bridgehead atoms. The summed E-state index contributed by atoms with van der Waals surface area (Å²) in [5.74, 6) is 0.106. The lowest BCUT2D eigenvalue weighted by atomic mass is 9.77. The molecule has 1 radical (unpaired) electrons. The van der Waals surface area contributed by atoms with E-state index in [9.17, 15) is 4.79 Å². The van der Waals surface area contributed by atoms with E-state index in [0.717, 1.165) is 0 Å². The van der Waals surface area contributed by atoms with Gasteiger partial charge in [-0.2, -0.15) is 0 Å². The van der Waals surface area contributed by atoms with Gasteiger partial charge >= 0.3 is 0 Å². The Hall–Kier alpha value is -0.0631. The molecule has 0 fully saturated rings. The standard InChI is InChI=1S/C16H31O2SSi/c1-10-11-12(15(2,3)4)13(18-20(8)9)14(17)19-16(5,6)7/h10-13H,1-9H3/b11-10+. The van der Waals surface area contributed by atoms with E-state index < -0.39 is 9.04 Å².